The van der Waals surface area contributed by atoms with Gasteiger partial charge in [0.2, 0.25) is 0 Å². The number of halogens is 6. The van der Waals surface area contributed by atoms with Gasteiger partial charge in [0.15, 0.2) is 0 Å². The molecular formula is C8H8Br2F4O. The molecule has 2 aliphatic rings. The lowest BCUT2D eigenvalue weighted by molar-refractivity contribution is -0.341. The monoisotopic (exact) mass is 354 g/mol. The standard InChI is InChI=1S/C8H8Br2F4O/c9-5-1-3-4(2-6(5)10)8(13,14)15-7(3,11)12/h3-6H,1-2H2/t3?,4?,5-,6-/m1/s1. The minimum absolute atomic E-state index is 0.0107. The van der Waals surface area contributed by atoms with E-state index in [4.69, 9.17) is 0 Å². The van der Waals surface area contributed by atoms with Crippen molar-refractivity contribution in [2.45, 2.75) is 34.7 Å². The fourth-order valence-electron chi connectivity index (χ4n) is 2.18. The molecule has 1 heterocycles. The van der Waals surface area contributed by atoms with Gasteiger partial charge in [-0.2, -0.15) is 17.6 Å². The van der Waals surface area contributed by atoms with E-state index >= 15 is 0 Å². The normalized spacial score (nSPS) is 47.6. The lowest BCUT2D eigenvalue weighted by Crippen LogP contribution is -2.39. The van der Waals surface area contributed by atoms with Crippen molar-refractivity contribution in [3.63, 3.8) is 0 Å². The van der Waals surface area contributed by atoms with Gasteiger partial charge < -0.3 is 0 Å². The zero-order valence-electron chi connectivity index (χ0n) is 7.40. The van der Waals surface area contributed by atoms with Gasteiger partial charge in [0, 0.05) is 9.65 Å². The van der Waals surface area contributed by atoms with Crippen LogP contribution in [0.2, 0.25) is 0 Å². The number of hydrogen-bond acceptors (Lipinski definition) is 1. The Kier molecular flexibility index (Phi) is 2.88. The van der Waals surface area contributed by atoms with Crippen LogP contribution >= 0.6 is 31.9 Å². The fraction of sp³-hybridized carbons (Fsp3) is 1.00. The minimum atomic E-state index is -3.71. The zero-order chi connectivity index (χ0) is 11.4. The Hall–Kier alpha value is 0.640. The smallest absolute Gasteiger partial charge is 0.255 e. The van der Waals surface area contributed by atoms with E-state index < -0.39 is 24.1 Å². The topological polar surface area (TPSA) is 9.23 Å². The Bertz CT molecular complexity index is 247. The molecule has 2 rings (SSSR count). The van der Waals surface area contributed by atoms with Crippen LogP contribution in [0.4, 0.5) is 17.6 Å². The summed E-state index contributed by atoms with van der Waals surface area (Å²) in [5, 5.41) is 0. The Labute approximate surface area is 101 Å². The third kappa shape index (κ3) is 1.95. The first-order valence-corrected chi connectivity index (χ1v) is 6.31. The van der Waals surface area contributed by atoms with E-state index in [9.17, 15) is 17.6 Å². The molecule has 7 heteroatoms. The first kappa shape index (κ1) is 12.1. The molecule has 2 unspecified atom stereocenters. The van der Waals surface area contributed by atoms with Crippen molar-refractivity contribution in [1.29, 1.82) is 0 Å². The predicted octanol–water partition coefficient (Wildman–Crippen LogP) is 3.76. The predicted molar refractivity (Wildman–Crippen MR) is 52.6 cm³/mol. The molecule has 0 amide bonds. The highest BCUT2D eigenvalue weighted by Gasteiger charge is 2.68. The molecule has 0 N–H and O–H groups in total. The summed E-state index contributed by atoms with van der Waals surface area (Å²) >= 11 is 6.40. The Morgan fingerprint density at radius 2 is 1.20 bits per heavy atom. The number of rotatable bonds is 0. The fourth-order valence-corrected chi connectivity index (χ4v) is 3.42. The molecule has 0 bridgehead atoms. The van der Waals surface area contributed by atoms with Crippen LogP contribution in [0.5, 0.6) is 0 Å². The van der Waals surface area contributed by atoms with E-state index in [0.29, 0.717) is 0 Å². The minimum Gasteiger partial charge on any atom is -0.255 e. The molecule has 1 aliphatic carbocycles. The second-order valence-corrected chi connectivity index (χ2v) is 6.29. The van der Waals surface area contributed by atoms with Crippen LogP contribution in [-0.4, -0.2) is 21.9 Å². The molecular weight excluding hydrogens is 348 g/mol. The molecule has 0 aromatic rings. The van der Waals surface area contributed by atoms with Gasteiger partial charge in [-0.15, -0.1) is 0 Å². The van der Waals surface area contributed by atoms with Gasteiger partial charge in [-0.1, -0.05) is 31.9 Å². The SMILES string of the molecule is FC1(F)OC(F)(F)C2C[C@@H](Br)[C@H](Br)CC21. The van der Waals surface area contributed by atoms with E-state index in [1.165, 1.54) is 0 Å². The summed E-state index contributed by atoms with van der Waals surface area (Å²) < 4.78 is 56.1. The van der Waals surface area contributed by atoms with Crippen molar-refractivity contribution in [1.82, 2.24) is 0 Å². The Morgan fingerprint density at radius 3 is 1.53 bits per heavy atom. The molecule has 2 fully saturated rings. The molecule has 1 nitrogen and oxygen atoms in total. The van der Waals surface area contributed by atoms with E-state index in [-0.39, 0.29) is 22.5 Å². The summed E-state index contributed by atoms with van der Waals surface area (Å²) in [6, 6.07) is 0. The average molecular weight is 356 g/mol. The summed E-state index contributed by atoms with van der Waals surface area (Å²) in [7, 11) is 0. The maximum atomic E-state index is 13.1. The van der Waals surface area contributed by atoms with Crippen molar-refractivity contribution in [3.05, 3.63) is 0 Å². The van der Waals surface area contributed by atoms with Crippen molar-refractivity contribution >= 4 is 31.9 Å². The molecule has 0 spiro atoms. The molecule has 0 radical (unpaired) electrons. The lowest BCUT2D eigenvalue weighted by Gasteiger charge is -2.33. The highest BCUT2D eigenvalue weighted by atomic mass is 79.9. The van der Waals surface area contributed by atoms with Crippen LogP contribution in [-0.2, 0) is 4.74 Å². The molecule has 0 aromatic heterocycles. The lowest BCUT2D eigenvalue weighted by atomic mass is 9.79. The summed E-state index contributed by atoms with van der Waals surface area (Å²) in [6.45, 7) is 0. The van der Waals surface area contributed by atoms with Gasteiger partial charge in [0.25, 0.3) is 0 Å². The highest BCUT2D eigenvalue weighted by molar-refractivity contribution is 9.12. The second kappa shape index (κ2) is 3.57. The highest BCUT2D eigenvalue weighted by Crippen LogP contribution is 2.57. The Morgan fingerprint density at radius 1 is 0.867 bits per heavy atom. The van der Waals surface area contributed by atoms with Crippen LogP contribution in [0, 0.1) is 11.8 Å². The number of alkyl halides is 6. The van der Waals surface area contributed by atoms with Gasteiger partial charge in [-0.3, -0.25) is 4.74 Å². The summed E-state index contributed by atoms with van der Waals surface area (Å²) in [5.74, 6) is -2.80. The third-order valence-corrected chi connectivity index (χ3v) is 5.71. The van der Waals surface area contributed by atoms with Crippen LogP contribution < -0.4 is 0 Å². The molecule has 88 valence electrons. The van der Waals surface area contributed by atoms with Gasteiger partial charge in [0.1, 0.15) is 0 Å². The molecule has 4 atom stereocenters. The van der Waals surface area contributed by atoms with Crippen LogP contribution in [0.25, 0.3) is 0 Å². The molecule has 1 aliphatic heterocycles. The first-order chi connectivity index (χ1) is 6.74. The molecule has 1 saturated heterocycles. The van der Waals surface area contributed by atoms with E-state index in [2.05, 4.69) is 36.6 Å². The maximum absolute atomic E-state index is 13.1. The first-order valence-electron chi connectivity index (χ1n) is 4.48. The van der Waals surface area contributed by atoms with Gasteiger partial charge >= 0.3 is 12.2 Å². The quantitative estimate of drug-likeness (QED) is 0.475. The summed E-state index contributed by atoms with van der Waals surface area (Å²) in [4.78, 5) is -0.441. The summed E-state index contributed by atoms with van der Waals surface area (Å²) in [6.07, 6.45) is -7.45. The zero-order valence-corrected chi connectivity index (χ0v) is 10.6. The van der Waals surface area contributed by atoms with E-state index in [1.807, 2.05) is 0 Å². The maximum Gasteiger partial charge on any atom is 0.363 e. The van der Waals surface area contributed by atoms with Gasteiger partial charge in [0.05, 0.1) is 11.8 Å². The van der Waals surface area contributed by atoms with Crippen LogP contribution in [0.3, 0.4) is 0 Å². The van der Waals surface area contributed by atoms with Crippen LogP contribution in [0.1, 0.15) is 12.8 Å². The summed E-state index contributed by atoms with van der Waals surface area (Å²) in [5.41, 5.74) is 0. The second-order valence-electron chi connectivity index (χ2n) is 3.94. The molecule has 0 aromatic carbocycles. The Balaban J connectivity index is 2.26. The van der Waals surface area contributed by atoms with Crippen LogP contribution in [0.15, 0.2) is 0 Å². The molecule has 1 saturated carbocycles. The van der Waals surface area contributed by atoms with Gasteiger partial charge in [-0.05, 0) is 12.8 Å². The van der Waals surface area contributed by atoms with Crippen molar-refractivity contribution in [2.75, 3.05) is 0 Å². The van der Waals surface area contributed by atoms with Crippen molar-refractivity contribution < 1.29 is 22.3 Å². The van der Waals surface area contributed by atoms with Crippen molar-refractivity contribution in [2.24, 2.45) is 11.8 Å². The molecule has 15 heavy (non-hydrogen) atoms. The van der Waals surface area contributed by atoms with Crippen molar-refractivity contribution in [3.8, 4) is 0 Å². The van der Waals surface area contributed by atoms with E-state index in [1.54, 1.807) is 0 Å². The third-order valence-electron chi connectivity index (χ3n) is 2.97. The number of ether oxygens (including phenoxy) is 1. The average Bonchev–Trinajstić information content (AvgIpc) is 2.21. The number of fused-ring (bicyclic) bond motifs is 1. The number of hydrogen-bond donors (Lipinski definition) is 0. The largest absolute Gasteiger partial charge is 0.363 e. The van der Waals surface area contributed by atoms with Gasteiger partial charge in [-0.25, -0.2) is 0 Å². The van der Waals surface area contributed by atoms with E-state index in [0.717, 1.165) is 0 Å².